The molecule has 3 heterocycles. The molecular weight excluding hydrogens is 719 g/mol. The minimum absolute atomic E-state index is 0.605. The van der Waals surface area contributed by atoms with Gasteiger partial charge in [0.25, 0.3) is 0 Å². The number of hydrogen-bond donors (Lipinski definition) is 0. The van der Waals surface area contributed by atoms with Crippen LogP contribution in [0.3, 0.4) is 0 Å². The van der Waals surface area contributed by atoms with Gasteiger partial charge in [0, 0.05) is 44.1 Å². The van der Waals surface area contributed by atoms with Gasteiger partial charge in [0.05, 0.1) is 22.2 Å². The Morgan fingerprint density at radius 2 is 0.678 bits per heavy atom. The lowest BCUT2D eigenvalue weighted by molar-refractivity contribution is 1.07. The first-order valence-electron chi connectivity index (χ1n) is 19.8. The molecule has 3 aromatic heterocycles. The van der Waals surface area contributed by atoms with Gasteiger partial charge in [0.15, 0.2) is 17.5 Å². The quantitative estimate of drug-likeness (QED) is 0.163. The number of rotatable bonds is 7. The number of pyridine rings is 1. The maximum atomic E-state index is 5.34. The Hall–Kier alpha value is -8.02. The molecule has 8 aromatic carbocycles. The number of para-hydroxylation sites is 3. The fourth-order valence-electron chi connectivity index (χ4n) is 8.16. The maximum absolute atomic E-state index is 5.34. The number of benzene rings is 8. The van der Waals surface area contributed by atoms with Gasteiger partial charge in [0.2, 0.25) is 0 Å². The van der Waals surface area contributed by atoms with Gasteiger partial charge in [-0.05, 0) is 46.5 Å². The predicted octanol–water partition coefficient (Wildman–Crippen LogP) is 13.5. The van der Waals surface area contributed by atoms with Crippen molar-refractivity contribution in [1.29, 1.82) is 0 Å². The molecule has 0 saturated carbocycles. The third-order valence-corrected chi connectivity index (χ3v) is 11.1. The van der Waals surface area contributed by atoms with E-state index in [-0.39, 0.29) is 0 Å². The molecule has 276 valence electrons. The minimum Gasteiger partial charge on any atom is -0.308 e. The van der Waals surface area contributed by atoms with E-state index in [1.165, 1.54) is 0 Å². The summed E-state index contributed by atoms with van der Waals surface area (Å²) in [7, 11) is 0. The second kappa shape index (κ2) is 14.5. The van der Waals surface area contributed by atoms with E-state index in [4.69, 9.17) is 19.9 Å². The fourth-order valence-corrected chi connectivity index (χ4v) is 8.16. The van der Waals surface area contributed by atoms with Crippen LogP contribution in [-0.4, -0.2) is 24.5 Å². The van der Waals surface area contributed by atoms with Crippen molar-refractivity contribution >= 4 is 32.7 Å². The summed E-state index contributed by atoms with van der Waals surface area (Å²) < 4.78 is 2.37. The normalized spacial score (nSPS) is 11.4. The predicted molar refractivity (Wildman–Crippen MR) is 242 cm³/mol. The van der Waals surface area contributed by atoms with Gasteiger partial charge in [0.1, 0.15) is 0 Å². The second-order valence-electron chi connectivity index (χ2n) is 14.7. The van der Waals surface area contributed by atoms with E-state index < -0.39 is 0 Å². The lowest BCUT2D eigenvalue weighted by atomic mass is 10.0. The van der Waals surface area contributed by atoms with E-state index in [0.29, 0.717) is 17.5 Å². The number of nitrogens with zero attached hydrogens (tertiary/aromatic N) is 5. The van der Waals surface area contributed by atoms with Crippen molar-refractivity contribution in [3.8, 4) is 73.4 Å². The van der Waals surface area contributed by atoms with Gasteiger partial charge in [-0.3, -0.25) is 0 Å². The second-order valence-corrected chi connectivity index (χ2v) is 14.7. The molecule has 0 aliphatic carbocycles. The Kier molecular flexibility index (Phi) is 8.41. The summed E-state index contributed by atoms with van der Waals surface area (Å²) >= 11 is 0. The third kappa shape index (κ3) is 6.22. The number of hydrogen-bond acceptors (Lipinski definition) is 4. The first-order chi connectivity index (χ1) is 29.2. The Morgan fingerprint density at radius 1 is 0.288 bits per heavy atom. The van der Waals surface area contributed by atoms with Crippen molar-refractivity contribution < 1.29 is 0 Å². The highest BCUT2D eigenvalue weighted by molar-refractivity contribution is 6.22. The highest BCUT2D eigenvalue weighted by atomic mass is 15.0. The van der Waals surface area contributed by atoms with Crippen LogP contribution in [0.25, 0.3) is 106 Å². The summed E-state index contributed by atoms with van der Waals surface area (Å²) in [5.41, 5.74) is 13.6. The molecule has 0 aliphatic heterocycles. The molecule has 0 N–H and O–H groups in total. The van der Waals surface area contributed by atoms with Gasteiger partial charge < -0.3 is 4.57 Å². The van der Waals surface area contributed by atoms with Crippen LogP contribution in [0.2, 0.25) is 0 Å². The van der Waals surface area contributed by atoms with Crippen LogP contribution in [0.5, 0.6) is 0 Å². The highest BCUT2D eigenvalue weighted by Gasteiger charge is 2.21. The molecule has 11 aromatic rings. The molecule has 0 unspecified atom stereocenters. The van der Waals surface area contributed by atoms with Crippen molar-refractivity contribution in [2.45, 2.75) is 0 Å². The molecule has 5 heteroatoms. The Labute approximate surface area is 341 Å². The molecule has 0 spiro atoms. The zero-order valence-corrected chi connectivity index (χ0v) is 31.9. The zero-order valence-electron chi connectivity index (χ0n) is 31.9. The van der Waals surface area contributed by atoms with Gasteiger partial charge in [-0.25, -0.2) is 19.9 Å². The summed E-state index contributed by atoms with van der Waals surface area (Å²) in [5.74, 6) is 1.84. The van der Waals surface area contributed by atoms with Gasteiger partial charge >= 0.3 is 0 Å². The SMILES string of the molecule is c1ccc(-c2ccc(-c3nc(-c4ccc(-c5ccccc5)cc4)nc(-c4ccc(-c5nc6ccccc6c6c5c5ccccc5n6-c5ccccc5)cc4)n3)cc2)cc1. The Balaban J connectivity index is 1.04. The standard InChI is InChI=1S/C54H35N5/c1-4-14-36(15-5-1)38-24-30-41(31-25-38)52-56-53(42-32-26-39(27-33-42)37-16-6-2-7-17-37)58-54(57-52)43-34-28-40(29-35-43)50-49-46-21-11-13-23-48(46)59(44-18-8-3-9-19-44)51(49)45-20-10-12-22-47(45)55-50/h1-35H. The van der Waals surface area contributed by atoms with Crippen LogP contribution in [0.15, 0.2) is 212 Å². The molecule has 0 fully saturated rings. The molecule has 5 nitrogen and oxygen atoms in total. The average molecular weight is 754 g/mol. The topological polar surface area (TPSA) is 56.5 Å². The monoisotopic (exact) mass is 753 g/mol. The van der Waals surface area contributed by atoms with Crippen LogP contribution in [-0.2, 0) is 0 Å². The van der Waals surface area contributed by atoms with Gasteiger partial charge in [-0.2, -0.15) is 0 Å². The molecule has 0 aliphatic rings. The molecule has 0 bridgehead atoms. The van der Waals surface area contributed by atoms with Crippen LogP contribution in [0.1, 0.15) is 0 Å². The fraction of sp³-hybridized carbons (Fsp3) is 0. The van der Waals surface area contributed by atoms with Crippen molar-refractivity contribution in [2.75, 3.05) is 0 Å². The van der Waals surface area contributed by atoms with Gasteiger partial charge in [-0.1, -0.05) is 188 Å². The summed E-state index contributed by atoms with van der Waals surface area (Å²) in [6, 6.07) is 73.8. The molecule has 0 radical (unpaired) electrons. The van der Waals surface area contributed by atoms with Gasteiger partial charge in [-0.15, -0.1) is 0 Å². The van der Waals surface area contributed by atoms with Crippen molar-refractivity contribution in [3.05, 3.63) is 212 Å². The van der Waals surface area contributed by atoms with E-state index in [0.717, 1.165) is 88.6 Å². The van der Waals surface area contributed by atoms with E-state index in [2.05, 4.69) is 205 Å². The Bertz CT molecular complexity index is 3170. The summed E-state index contributed by atoms with van der Waals surface area (Å²) in [5, 5.41) is 3.40. The number of aromatic nitrogens is 5. The summed E-state index contributed by atoms with van der Waals surface area (Å²) in [6.07, 6.45) is 0. The third-order valence-electron chi connectivity index (χ3n) is 11.1. The highest BCUT2D eigenvalue weighted by Crippen LogP contribution is 2.41. The van der Waals surface area contributed by atoms with Crippen LogP contribution in [0.4, 0.5) is 0 Å². The first-order valence-corrected chi connectivity index (χ1v) is 19.8. The van der Waals surface area contributed by atoms with Crippen molar-refractivity contribution in [3.63, 3.8) is 0 Å². The lowest BCUT2D eigenvalue weighted by Gasteiger charge is -2.12. The smallest absolute Gasteiger partial charge is 0.164 e. The zero-order chi connectivity index (χ0) is 39.1. The summed E-state index contributed by atoms with van der Waals surface area (Å²) in [4.78, 5) is 20.6. The van der Waals surface area contributed by atoms with E-state index in [9.17, 15) is 0 Å². The van der Waals surface area contributed by atoms with Crippen molar-refractivity contribution in [1.82, 2.24) is 24.5 Å². The molecule has 11 rings (SSSR count). The molecule has 0 saturated heterocycles. The Morgan fingerprint density at radius 3 is 1.20 bits per heavy atom. The number of fused-ring (bicyclic) bond motifs is 5. The molecule has 0 atom stereocenters. The van der Waals surface area contributed by atoms with E-state index in [1.54, 1.807) is 0 Å². The molecular formula is C54H35N5. The van der Waals surface area contributed by atoms with Crippen LogP contribution >= 0.6 is 0 Å². The maximum Gasteiger partial charge on any atom is 0.164 e. The van der Waals surface area contributed by atoms with Crippen LogP contribution in [0, 0.1) is 0 Å². The van der Waals surface area contributed by atoms with Crippen LogP contribution < -0.4 is 0 Å². The summed E-state index contributed by atoms with van der Waals surface area (Å²) in [6.45, 7) is 0. The first kappa shape index (κ1) is 34.2. The largest absolute Gasteiger partial charge is 0.308 e. The van der Waals surface area contributed by atoms with E-state index >= 15 is 0 Å². The lowest BCUT2D eigenvalue weighted by Crippen LogP contribution is -2.00. The molecule has 0 amide bonds. The van der Waals surface area contributed by atoms with Crippen molar-refractivity contribution in [2.24, 2.45) is 0 Å². The van der Waals surface area contributed by atoms with E-state index in [1.807, 2.05) is 12.1 Å². The molecule has 59 heavy (non-hydrogen) atoms. The minimum atomic E-state index is 0.605. The average Bonchev–Trinajstić information content (AvgIpc) is 3.68.